The zero-order chi connectivity index (χ0) is 11.6. The van der Waals surface area contributed by atoms with E-state index in [0.717, 1.165) is 13.0 Å². The Hall–Kier alpha value is -0.120. The first-order chi connectivity index (χ1) is 6.79. The number of nitrogens with zero attached hydrogens (tertiary/aromatic N) is 1. The molecular weight excluding hydrogens is 190 g/mol. The summed E-state index contributed by atoms with van der Waals surface area (Å²) in [7, 11) is 0. The van der Waals surface area contributed by atoms with Crippen molar-refractivity contribution in [2.24, 2.45) is 11.3 Å². The average molecular weight is 215 g/mol. The quantitative estimate of drug-likeness (QED) is 0.768. The fourth-order valence-corrected chi connectivity index (χ4v) is 2.14. The lowest BCUT2D eigenvalue weighted by molar-refractivity contribution is -0.176. The van der Waals surface area contributed by atoms with Gasteiger partial charge in [-0.3, -0.25) is 0 Å². The van der Waals surface area contributed by atoms with E-state index >= 15 is 0 Å². The van der Waals surface area contributed by atoms with Crippen molar-refractivity contribution >= 4 is 0 Å². The molecule has 0 aromatic rings. The Bertz CT molecular complexity index is 196. The van der Waals surface area contributed by atoms with Gasteiger partial charge in [0.05, 0.1) is 18.8 Å². The van der Waals surface area contributed by atoms with Gasteiger partial charge in [-0.2, -0.15) is 5.06 Å². The summed E-state index contributed by atoms with van der Waals surface area (Å²) >= 11 is 0. The van der Waals surface area contributed by atoms with Crippen LogP contribution >= 0.6 is 0 Å². The Morgan fingerprint density at radius 2 is 1.87 bits per heavy atom. The largest absolute Gasteiger partial charge is 0.374 e. The van der Waals surface area contributed by atoms with Gasteiger partial charge in [-0.1, -0.05) is 20.8 Å². The van der Waals surface area contributed by atoms with E-state index in [1.54, 1.807) is 0 Å². The molecule has 0 saturated carbocycles. The normalized spacial score (nSPS) is 29.8. The molecular formula is C12H25NO2. The van der Waals surface area contributed by atoms with E-state index < -0.39 is 0 Å². The lowest BCUT2D eigenvalue weighted by Crippen LogP contribution is -2.46. The van der Waals surface area contributed by atoms with Gasteiger partial charge in [0.2, 0.25) is 0 Å². The van der Waals surface area contributed by atoms with E-state index in [1.807, 2.05) is 13.8 Å². The molecule has 0 spiro atoms. The number of rotatable bonds is 2. The molecule has 0 bridgehead atoms. The molecule has 2 unspecified atom stereocenters. The summed E-state index contributed by atoms with van der Waals surface area (Å²) < 4.78 is 5.79. The van der Waals surface area contributed by atoms with Gasteiger partial charge in [0.15, 0.2) is 0 Å². The second kappa shape index (κ2) is 4.81. The Labute approximate surface area is 93.4 Å². The summed E-state index contributed by atoms with van der Waals surface area (Å²) in [6.45, 7) is 12.2. The molecule has 3 heteroatoms. The van der Waals surface area contributed by atoms with Gasteiger partial charge in [-0.05, 0) is 31.6 Å². The van der Waals surface area contributed by atoms with Crippen molar-refractivity contribution in [3.63, 3.8) is 0 Å². The molecule has 0 radical (unpaired) electrons. The molecule has 0 amide bonds. The molecule has 0 aromatic carbocycles. The molecule has 1 rings (SSSR count). The molecule has 1 aliphatic rings. The molecule has 1 heterocycles. The monoisotopic (exact) mass is 215 g/mol. The van der Waals surface area contributed by atoms with Crippen molar-refractivity contribution in [3.05, 3.63) is 0 Å². The maximum atomic E-state index is 9.68. The van der Waals surface area contributed by atoms with Gasteiger partial charge in [0.25, 0.3) is 0 Å². The highest BCUT2D eigenvalue weighted by molar-refractivity contribution is 4.83. The van der Waals surface area contributed by atoms with Crippen LogP contribution < -0.4 is 0 Å². The number of ether oxygens (including phenoxy) is 1. The fraction of sp³-hybridized carbons (Fsp3) is 1.00. The van der Waals surface area contributed by atoms with Crippen LogP contribution in [0.3, 0.4) is 0 Å². The van der Waals surface area contributed by atoms with Gasteiger partial charge in [0, 0.05) is 6.54 Å². The Morgan fingerprint density at radius 1 is 1.27 bits per heavy atom. The van der Waals surface area contributed by atoms with E-state index in [4.69, 9.17) is 4.74 Å². The van der Waals surface area contributed by atoms with E-state index in [9.17, 15) is 5.21 Å². The smallest absolute Gasteiger partial charge is 0.0732 e. The van der Waals surface area contributed by atoms with Gasteiger partial charge in [-0.25, -0.2) is 0 Å². The predicted octanol–water partition coefficient (Wildman–Crippen LogP) is 2.54. The number of hydrogen-bond acceptors (Lipinski definition) is 3. The van der Waals surface area contributed by atoms with Gasteiger partial charge in [-0.15, -0.1) is 0 Å². The molecule has 1 aliphatic heterocycles. The molecule has 15 heavy (non-hydrogen) atoms. The van der Waals surface area contributed by atoms with Crippen molar-refractivity contribution in [2.45, 2.75) is 53.2 Å². The molecule has 3 nitrogen and oxygen atoms in total. The number of piperidine rings is 1. The van der Waals surface area contributed by atoms with Crippen LogP contribution in [0, 0.1) is 11.3 Å². The zero-order valence-electron chi connectivity index (χ0n) is 10.7. The van der Waals surface area contributed by atoms with Crippen molar-refractivity contribution < 1.29 is 9.94 Å². The molecule has 1 fully saturated rings. The molecule has 0 aliphatic carbocycles. The van der Waals surface area contributed by atoms with Gasteiger partial charge < -0.3 is 9.94 Å². The Balaban J connectivity index is 2.56. The lowest BCUT2D eigenvalue weighted by atomic mass is 9.76. The lowest BCUT2D eigenvalue weighted by Gasteiger charge is -2.41. The van der Waals surface area contributed by atoms with Crippen molar-refractivity contribution in [1.82, 2.24) is 5.06 Å². The first-order valence-electron chi connectivity index (χ1n) is 5.88. The maximum absolute atomic E-state index is 9.68. The number of hydroxylamine groups is 2. The van der Waals surface area contributed by atoms with E-state index in [0.29, 0.717) is 12.5 Å². The van der Waals surface area contributed by atoms with Crippen molar-refractivity contribution in [3.8, 4) is 0 Å². The third kappa shape index (κ3) is 4.09. The van der Waals surface area contributed by atoms with Crippen LogP contribution in [0.4, 0.5) is 0 Å². The van der Waals surface area contributed by atoms with Crippen LogP contribution in [0.2, 0.25) is 0 Å². The maximum Gasteiger partial charge on any atom is 0.0732 e. The summed E-state index contributed by atoms with van der Waals surface area (Å²) in [5.74, 6) is 0.500. The Kier molecular flexibility index (Phi) is 4.15. The predicted molar refractivity (Wildman–Crippen MR) is 60.9 cm³/mol. The van der Waals surface area contributed by atoms with Gasteiger partial charge in [0.1, 0.15) is 0 Å². The fourth-order valence-electron chi connectivity index (χ4n) is 2.14. The first kappa shape index (κ1) is 12.9. The SMILES string of the molecule is CC(C)OC1CC(C(C)(C)C)CN(O)C1. The highest BCUT2D eigenvalue weighted by Crippen LogP contribution is 2.33. The summed E-state index contributed by atoms with van der Waals surface area (Å²) in [4.78, 5) is 0. The van der Waals surface area contributed by atoms with Crippen LogP contribution in [-0.2, 0) is 4.74 Å². The molecule has 2 atom stereocenters. The third-order valence-electron chi connectivity index (χ3n) is 3.08. The Morgan fingerprint density at radius 3 is 2.33 bits per heavy atom. The van der Waals surface area contributed by atoms with Crippen molar-refractivity contribution in [2.75, 3.05) is 13.1 Å². The molecule has 0 aromatic heterocycles. The summed E-state index contributed by atoms with van der Waals surface area (Å²) in [6, 6.07) is 0. The van der Waals surface area contributed by atoms with Crippen LogP contribution in [-0.4, -0.2) is 35.6 Å². The first-order valence-corrected chi connectivity index (χ1v) is 5.88. The third-order valence-corrected chi connectivity index (χ3v) is 3.08. The minimum atomic E-state index is 0.174. The van der Waals surface area contributed by atoms with Crippen LogP contribution in [0.1, 0.15) is 41.0 Å². The second-order valence-electron chi connectivity index (χ2n) is 5.98. The highest BCUT2D eigenvalue weighted by atomic mass is 16.5. The van der Waals surface area contributed by atoms with Crippen molar-refractivity contribution in [1.29, 1.82) is 0 Å². The average Bonchev–Trinajstić information content (AvgIpc) is 1.99. The van der Waals surface area contributed by atoms with Crippen LogP contribution in [0.5, 0.6) is 0 Å². The molecule has 90 valence electrons. The minimum Gasteiger partial charge on any atom is -0.374 e. The standard InChI is InChI=1S/C12H25NO2/c1-9(2)15-11-6-10(12(3,4)5)7-13(14)8-11/h9-11,14H,6-8H2,1-5H3. The zero-order valence-corrected chi connectivity index (χ0v) is 10.7. The van der Waals surface area contributed by atoms with Gasteiger partial charge >= 0.3 is 0 Å². The van der Waals surface area contributed by atoms with Crippen LogP contribution in [0.15, 0.2) is 0 Å². The molecule has 1 saturated heterocycles. The molecule has 1 N–H and O–H groups in total. The van der Waals surface area contributed by atoms with E-state index in [2.05, 4.69) is 20.8 Å². The second-order valence-corrected chi connectivity index (χ2v) is 5.98. The summed E-state index contributed by atoms with van der Waals surface area (Å²) in [6.07, 6.45) is 1.47. The van der Waals surface area contributed by atoms with Crippen LogP contribution in [0.25, 0.3) is 0 Å². The number of hydrogen-bond donors (Lipinski definition) is 1. The summed E-state index contributed by atoms with van der Waals surface area (Å²) in [5.41, 5.74) is 0.236. The van der Waals surface area contributed by atoms with E-state index in [-0.39, 0.29) is 17.6 Å². The highest BCUT2D eigenvalue weighted by Gasteiger charge is 2.34. The van der Waals surface area contributed by atoms with E-state index in [1.165, 1.54) is 5.06 Å². The minimum absolute atomic E-state index is 0.174. The summed E-state index contributed by atoms with van der Waals surface area (Å²) in [5, 5.41) is 11.1. The topological polar surface area (TPSA) is 32.7 Å².